The summed E-state index contributed by atoms with van der Waals surface area (Å²) in [6, 6.07) is 4.34. The summed E-state index contributed by atoms with van der Waals surface area (Å²) in [6.45, 7) is 5.01. The summed E-state index contributed by atoms with van der Waals surface area (Å²) >= 11 is 0. The number of ether oxygens (including phenoxy) is 1. The molecule has 0 spiro atoms. The van der Waals surface area contributed by atoms with Crippen molar-refractivity contribution in [3.05, 3.63) is 30.1 Å². The summed E-state index contributed by atoms with van der Waals surface area (Å²) in [5.41, 5.74) is -1.78. The van der Waals surface area contributed by atoms with Crippen LogP contribution in [0.1, 0.15) is 26.5 Å². The molecule has 2 heterocycles. The van der Waals surface area contributed by atoms with Crippen LogP contribution in [0, 0.1) is 0 Å². The van der Waals surface area contributed by atoms with Crippen molar-refractivity contribution >= 4 is 18.0 Å². The zero-order chi connectivity index (χ0) is 16.4. The molecular weight excluding hydrogens is 288 g/mol. The lowest BCUT2D eigenvalue weighted by Crippen LogP contribution is -2.53. The molecule has 1 aromatic heterocycles. The number of nitrogens with zero attached hydrogens (tertiary/aromatic N) is 1. The van der Waals surface area contributed by atoms with Crippen LogP contribution in [0.3, 0.4) is 0 Å². The molecule has 1 fully saturated rings. The first-order valence-corrected chi connectivity index (χ1v) is 6.75. The first-order valence-electron chi connectivity index (χ1n) is 6.75. The second-order valence-corrected chi connectivity index (χ2v) is 5.88. The van der Waals surface area contributed by atoms with Crippen LogP contribution in [-0.2, 0) is 15.1 Å². The van der Waals surface area contributed by atoms with Gasteiger partial charge in [0, 0.05) is 6.20 Å². The van der Waals surface area contributed by atoms with Crippen LogP contribution in [0.25, 0.3) is 0 Å². The third-order valence-corrected chi connectivity index (χ3v) is 2.94. The van der Waals surface area contributed by atoms with Crippen LogP contribution in [0.4, 0.5) is 9.59 Å². The fourth-order valence-electron chi connectivity index (χ4n) is 2.02. The van der Waals surface area contributed by atoms with Crippen LogP contribution >= 0.6 is 0 Å². The Hall–Kier alpha value is -2.64. The van der Waals surface area contributed by atoms with E-state index in [0.29, 0.717) is 5.69 Å². The van der Waals surface area contributed by atoms with Crippen LogP contribution in [0.2, 0.25) is 0 Å². The number of amides is 4. The molecule has 4 amide bonds. The fraction of sp³-hybridized carbons (Fsp3) is 0.429. The van der Waals surface area contributed by atoms with Crippen molar-refractivity contribution in [3.63, 3.8) is 0 Å². The van der Waals surface area contributed by atoms with E-state index in [-0.39, 0.29) is 6.54 Å². The highest BCUT2D eigenvalue weighted by Crippen LogP contribution is 2.22. The van der Waals surface area contributed by atoms with Gasteiger partial charge in [-0.3, -0.25) is 15.1 Å². The average molecular weight is 306 g/mol. The first-order chi connectivity index (χ1) is 10.2. The predicted molar refractivity (Wildman–Crippen MR) is 76.8 cm³/mol. The fourth-order valence-corrected chi connectivity index (χ4v) is 2.02. The molecule has 1 unspecified atom stereocenters. The molecular formula is C14H18N4O4. The molecule has 1 aromatic rings. The lowest BCUT2D eigenvalue weighted by atomic mass is 9.94. The molecule has 1 aliphatic rings. The van der Waals surface area contributed by atoms with Crippen LogP contribution in [0.15, 0.2) is 24.4 Å². The highest BCUT2D eigenvalue weighted by Gasteiger charge is 2.49. The van der Waals surface area contributed by atoms with Gasteiger partial charge in [-0.15, -0.1) is 0 Å². The van der Waals surface area contributed by atoms with E-state index in [9.17, 15) is 14.4 Å². The number of aromatic nitrogens is 1. The number of alkyl carbamates (subject to hydrolysis) is 1. The number of urea groups is 1. The lowest BCUT2D eigenvalue weighted by molar-refractivity contribution is -0.124. The number of rotatable bonds is 3. The molecule has 8 nitrogen and oxygen atoms in total. The summed E-state index contributed by atoms with van der Waals surface area (Å²) in [7, 11) is 0. The van der Waals surface area contributed by atoms with Crippen LogP contribution in [0.5, 0.6) is 0 Å². The van der Waals surface area contributed by atoms with E-state index in [4.69, 9.17) is 4.74 Å². The Balaban J connectivity index is 2.19. The van der Waals surface area contributed by atoms with Gasteiger partial charge in [-0.2, -0.15) is 0 Å². The van der Waals surface area contributed by atoms with Gasteiger partial charge in [0.15, 0.2) is 5.54 Å². The molecule has 3 N–H and O–H groups in total. The van der Waals surface area contributed by atoms with E-state index < -0.39 is 29.2 Å². The molecule has 0 bridgehead atoms. The van der Waals surface area contributed by atoms with E-state index in [1.165, 1.54) is 6.20 Å². The highest BCUT2D eigenvalue weighted by atomic mass is 16.6. The number of carbonyl (C=O) groups excluding carboxylic acids is 3. The second kappa shape index (κ2) is 5.63. The van der Waals surface area contributed by atoms with Gasteiger partial charge in [0.05, 0.1) is 12.2 Å². The summed E-state index contributed by atoms with van der Waals surface area (Å²) in [5, 5.41) is 7.17. The number of nitrogens with one attached hydrogen (secondary N) is 3. The molecule has 1 aliphatic heterocycles. The zero-order valence-corrected chi connectivity index (χ0v) is 12.6. The van der Waals surface area contributed by atoms with E-state index >= 15 is 0 Å². The van der Waals surface area contributed by atoms with Crippen molar-refractivity contribution in [3.8, 4) is 0 Å². The third-order valence-electron chi connectivity index (χ3n) is 2.94. The van der Waals surface area contributed by atoms with Crippen molar-refractivity contribution in [1.82, 2.24) is 20.9 Å². The maximum atomic E-state index is 12.2. The molecule has 1 saturated heterocycles. The zero-order valence-electron chi connectivity index (χ0n) is 12.6. The van der Waals surface area contributed by atoms with Crippen molar-refractivity contribution in [2.75, 3.05) is 6.54 Å². The maximum Gasteiger partial charge on any atom is 0.407 e. The number of hydrogen-bond acceptors (Lipinski definition) is 5. The van der Waals surface area contributed by atoms with Gasteiger partial charge in [0.25, 0.3) is 5.91 Å². The Bertz CT molecular complexity index is 597. The minimum atomic E-state index is -1.45. The van der Waals surface area contributed by atoms with E-state index in [0.717, 1.165) is 0 Å². The predicted octanol–water partition coefficient (Wildman–Crippen LogP) is 0.641. The van der Waals surface area contributed by atoms with E-state index in [1.807, 2.05) is 0 Å². The molecule has 118 valence electrons. The number of imide groups is 1. The van der Waals surface area contributed by atoms with E-state index in [2.05, 4.69) is 20.9 Å². The Morgan fingerprint density at radius 3 is 2.59 bits per heavy atom. The number of carbonyl (C=O) groups is 3. The molecule has 0 saturated carbocycles. The average Bonchev–Trinajstić information content (AvgIpc) is 2.71. The lowest BCUT2D eigenvalue weighted by Gasteiger charge is -2.26. The van der Waals surface area contributed by atoms with Crippen molar-refractivity contribution in [2.24, 2.45) is 0 Å². The summed E-state index contributed by atoms with van der Waals surface area (Å²) < 4.78 is 5.13. The molecule has 0 aromatic carbocycles. The Labute approximate surface area is 127 Å². The van der Waals surface area contributed by atoms with Crippen LogP contribution < -0.4 is 16.0 Å². The smallest absolute Gasteiger partial charge is 0.407 e. The van der Waals surface area contributed by atoms with Gasteiger partial charge in [-0.25, -0.2) is 9.59 Å². The summed E-state index contributed by atoms with van der Waals surface area (Å²) in [4.78, 5) is 39.6. The van der Waals surface area contributed by atoms with Crippen molar-refractivity contribution < 1.29 is 19.1 Å². The number of pyridine rings is 1. The normalized spacial score (nSPS) is 21.0. The molecule has 0 radical (unpaired) electrons. The Morgan fingerprint density at radius 2 is 2.09 bits per heavy atom. The van der Waals surface area contributed by atoms with Gasteiger partial charge >= 0.3 is 12.1 Å². The quantitative estimate of drug-likeness (QED) is 0.710. The van der Waals surface area contributed by atoms with Gasteiger partial charge in [-0.05, 0) is 32.9 Å². The molecule has 1 atom stereocenters. The second-order valence-electron chi connectivity index (χ2n) is 5.88. The minimum Gasteiger partial charge on any atom is -0.444 e. The molecule has 8 heteroatoms. The standard InChI is InChI=1S/C14H18N4O4/c1-13(2,3)22-12(21)16-8-14(9-6-4-5-7-15-9)10(19)17-11(20)18-14/h4-7H,8H2,1-3H3,(H,16,21)(H2,17,18,19,20). The summed E-state index contributed by atoms with van der Waals surface area (Å²) in [5.74, 6) is -0.577. The SMILES string of the molecule is CC(C)(C)OC(=O)NCC1(c2ccccn2)NC(=O)NC1=O. The highest BCUT2D eigenvalue weighted by molar-refractivity contribution is 6.07. The van der Waals surface area contributed by atoms with Crippen molar-refractivity contribution in [1.29, 1.82) is 0 Å². The molecule has 2 rings (SSSR count). The monoisotopic (exact) mass is 306 g/mol. The molecule has 22 heavy (non-hydrogen) atoms. The largest absolute Gasteiger partial charge is 0.444 e. The van der Waals surface area contributed by atoms with E-state index in [1.54, 1.807) is 39.0 Å². The Morgan fingerprint density at radius 1 is 1.36 bits per heavy atom. The maximum absolute atomic E-state index is 12.2. The molecule has 0 aliphatic carbocycles. The first kappa shape index (κ1) is 15.7. The minimum absolute atomic E-state index is 0.170. The van der Waals surface area contributed by atoms with Gasteiger partial charge in [0.2, 0.25) is 0 Å². The van der Waals surface area contributed by atoms with Crippen molar-refractivity contribution in [2.45, 2.75) is 31.9 Å². The summed E-state index contributed by atoms with van der Waals surface area (Å²) in [6.07, 6.45) is 0.819. The van der Waals surface area contributed by atoms with Gasteiger partial charge in [0.1, 0.15) is 5.60 Å². The van der Waals surface area contributed by atoms with Gasteiger partial charge in [-0.1, -0.05) is 6.07 Å². The van der Waals surface area contributed by atoms with Crippen LogP contribution in [-0.4, -0.2) is 35.2 Å². The Kier molecular flexibility index (Phi) is 4.03. The third kappa shape index (κ3) is 3.33. The topological polar surface area (TPSA) is 109 Å². The van der Waals surface area contributed by atoms with Gasteiger partial charge < -0.3 is 15.4 Å². The number of hydrogen-bond donors (Lipinski definition) is 3.